The van der Waals surface area contributed by atoms with Crippen LogP contribution in [0, 0.1) is 13.8 Å². The maximum absolute atomic E-state index is 10.2. The molecule has 0 bridgehead atoms. The molecular formula is C21H18N2O2. The maximum Gasteiger partial charge on any atom is 0.335 e. The molecule has 124 valence electrons. The van der Waals surface area contributed by atoms with E-state index in [2.05, 4.69) is 34.2 Å². The second kappa shape index (κ2) is 7.09. The predicted molar refractivity (Wildman–Crippen MR) is 99.9 cm³/mol. The molecule has 0 atom stereocenters. The number of aromatic carboxylic acids is 1. The van der Waals surface area contributed by atoms with E-state index in [-0.39, 0.29) is 0 Å². The Hall–Kier alpha value is -3.27. The quantitative estimate of drug-likeness (QED) is 0.510. The molecule has 0 aliphatic carbocycles. The van der Waals surface area contributed by atoms with E-state index >= 15 is 0 Å². The van der Waals surface area contributed by atoms with Gasteiger partial charge in [0.2, 0.25) is 0 Å². The molecule has 0 amide bonds. The second-order valence-electron chi connectivity index (χ2n) is 5.79. The Morgan fingerprint density at radius 2 is 1.16 bits per heavy atom. The van der Waals surface area contributed by atoms with Crippen molar-refractivity contribution >= 4 is 27.8 Å². The van der Waals surface area contributed by atoms with Gasteiger partial charge in [-0.3, -0.25) is 9.97 Å². The van der Waals surface area contributed by atoms with Crippen LogP contribution in [0.2, 0.25) is 0 Å². The van der Waals surface area contributed by atoms with E-state index < -0.39 is 5.97 Å². The van der Waals surface area contributed by atoms with Crippen molar-refractivity contribution in [1.29, 1.82) is 0 Å². The molecule has 2 heterocycles. The predicted octanol–water partition coefficient (Wildman–Crippen LogP) is 4.78. The van der Waals surface area contributed by atoms with Gasteiger partial charge in [0.15, 0.2) is 0 Å². The van der Waals surface area contributed by atoms with Crippen molar-refractivity contribution in [1.82, 2.24) is 9.97 Å². The van der Waals surface area contributed by atoms with Gasteiger partial charge in [0.25, 0.3) is 0 Å². The summed E-state index contributed by atoms with van der Waals surface area (Å²) in [7, 11) is 0. The molecule has 4 heteroatoms. The molecule has 4 aromatic rings. The lowest BCUT2D eigenvalue weighted by molar-refractivity contribution is 0.0697. The summed E-state index contributed by atoms with van der Waals surface area (Å²) in [5.74, 6) is -0.879. The molecule has 2 aromatic heterocycles. The summed E-state index contributed by atoms with van der Waals surface area (Å²) < 4.78 is 0. The molecule has 0 aliphatic heterocycles. The van der Waals surface area contributed by atoms with Gasteiger partial charge >= 0.3 is 5.97 Å². The zero-order valence-corrected chi connectivity index (χ0v) is 14.1. The van der Waals surface area contributed by atoms with Crippen molar-refractivity contribution in [2.45, 2.75) is 13.8 Å². The highest BCUT2D eigenvalue weighted by Gasteiger charge is 2.03. The summed E-state index contributed by atoms with van der Waals surface area (Å²) >= 11 is 0. The normalized spacial score (nSPS) is 10.3. The summed E-state index contributed by atoms with van der Waals surface area (Å²) in [5, 5.41) is 10.7. The highest BCUT2D eigenvalue weighted by molar-refractivity contribution is 6.02. The average molecular weight is 330 g/mol. The van der Waals surface area contributed by atoms with Crippen molar-refractivity contribution in [3.8, 4) is 0 Å². The van der Waals surface area contributed by atoms with Gasteiger partial charge in [-0.05, 0) is 38.1 Å². The van der Waals surface area contributed by atoms with Gasteiger partial charge in [-0.2, -0.15) is 0 Å². The minimum absolute atomic E-state index is 0.331. The highest BCUT2D eigenvalue weighted by atomic mass is 16.4. The zero-order valence-electron chi connectivity index (χ0n) is 14.1. The Labute approximate surface area is 145 Å². The van der Waals surface area contributed by atoms with Gasteiger partial charge < -0.3 is 5.11 Å². The molecule has 4 nitrogen and oxygen atoms in total. The summed E-state index contributed by atoms with van der Waals surface area (Å²) in [6.45, 7) is 4.02. The van der Waals surface area contributed by atoms with Crippen LogP contribution in [0.5, 0.6) is 0 Å². The van der Waals surface area contributed by atoms with E-state index in [0.29, 0.717) is 5.56 Å². The topological polar surface area (TPSA) is 63.1 Å². The number of benzene rings is 2. The van der Waals surface area contributed by atoms with Crippen molar-refractivity contribution < 1.29 is 9.90 Å². The molecule has 25 heavy (non-hydrogen) atoms. The third-order valence-corrected chi connectivity index (χ3v) is 3.82. The molecule has 0 saturated heterocycles. The minimum atomic E-state index is -0.879. The van der Waals surface area contributed by atoms with E-state index in [1.54, 1.807) is 30.3 Å². The number of pyridine rings is 2. The lowest BCUT2D eigenvalue weighted by Crippen LogP contribution is -1.93. The number of carboxylic acids is 1. The number of aryl methyl sites for hydroxylation is 2. The van der Waals surface area contributed by atoms with Crippen LogP contribution in [0.4, 0.5) is 0 Å². The first-order chi connectivity index (χ1) is 12.0. The van der Waals surface area contributed by atoms with E-state index in [1.165, 1.54) is 0 Å². The molecule has 0 aliphatic rings. The van der Waals surface area contributed by atoms with E-state index in [9.17, 15) is 4.79 Å². The van der Waals surface area contributed by atoms with Crippen molar-refractivity contribution in [3.63, 3.8) is 0 Å². The van der Waals surface area contributed by atoms with E-state index in [4.69, 9.17) is 5.11 Å². The van der Waals surface area contributed by atoms with Gasteiger partial charge in [-0.1, -0.05) is 42.5 Å². The SMILES string of the molecule is Cc1ccc2ccc3ccc(C)nc3c2n1.O=C(O)c1ccccc1. The first-order valence-electron chi connectivity index (χ1n) is 7.96. The second-order valence-corrected chi connectivity index (χ2v) is 5.79. The van der Waals surface area contributed by atoms with Gasteiger partial charge in [0, 0.05) is 22.2 Å². The fraction of sp³-hybridized carbons (Fsp3) is 0.0952. The first kappa shape index (κ1) is 16.6. The van der Waals surface area contributed by atoms with Crippen LogP contribution in [0.3, 0.4) is 0 Å². The summed E-state index contributed by atoms with van der Waals surface area (Å²) in [6, 6.07) is 20.8. The fourth-order valence-electron chi connectivity index (χ4n) is 2.54. The van der Waals surface area contributed by atoms with E-state index in [0.717, 1.165) is 33.2 Å². The molecule has 0 spiro atoms. The zero-order chi connectivity index (χ0) is 17.8. The first-order valence-corrected chi connectivity index (χ1v) is 7.96. The number of aromatic nitrogens is 2. The smallest absolute Gasteiger partial charge is 0.335 e. The van der Waals surface area contributed by atoms with Crippen LogP contribution in [0.25, 0.3) is 21.8 Å². The Morgan fingerprint density at radius 3 is 1.56 bits per heavy atom. The number of rotatable bonds is 1. The Bertz CT molecular complexity index is 983. The summed E-state index contributed by atoms with van der Waals surface area (Å²) in [5.41, 5.74) is 4.39. The van der Waals surface area contributed by atoms with Crippen LogP contribution in [-0.2, 0) is 0 Å². The number of hydrogen-bond donors (Lipinski definition) is 1. The van der Waals surface area contributed by atoms with Crippen molar-refractivity contribution in [2.75, 3.05) is 0 Å². The number of nitrogens with zero attached hydrogens (tertiary/aromatic N) is 2. The van der Waals surface area contributed by atoms with E-state index in [1.807, 2.05) is 26.0 Å². The molecule has 1 N–H and O–H groups in total. The molecule has 0 radical (unpaired) electrons. The minimum Gasteiger partial charge on any atom is -0.478 e. The van der Waals surface area contributed by atoms with Crippen LogP contribution in [0.15, 0.2) is 66.7 Å². The van der Waals surface area contributed by atoms with Crippen LogP contribution in [0.1, 0.15) is 21.7 Å². The van der Waals surface area contributed by atoms with Crippen LogP contribution in [-0.4, -0.2) is 21.0 Å². The highest BCUT2D eigenvalue weighted by Crippen LogP contribution is 2.22. The van der Waals surface area contributed by atoms with Crippen molar-refractivity contribution in [3.05, 3.63) is 83.7 Å². The lowest BCUT2D eigenvalue weighted by atomic mass is 10.1. The number of carboxylic acid groups (broad SMARTS) is 1. The number of fused-ring (bicyclic) bond motifs is 3. The largest absolute Gasteiger partial charge is 0.478 e. The van der Waals surface area contributed by atoms with Gasteiger partial charge in [-0.25, -0.2) is 4.79 Å². The Kier molecular flexibility index (Phi) is 4.70. The molecular weight excluding hydrogens is 312 g/mol. The Morgan fingerprint density at radius 1 is 0.720 bits per heavy atom. The maximum atomic E-state index is 10.2. The molecule has 2 aromatic carbocycles. The van der Waals surface area contributed by atoms with Gasteiger partial charge in [0.1, 0.15) is 0 Å². The monoisotopic (exact) mass is 330 g/mol. The third-order valence-electron chi connectivity index (χ3n) is 3.82. The lowest BCUT2D eigenvalue weighted by Gasteiger charge is -2.04. The third kappa shape index (κ3) is 3.80. The molecule has 0 fully saturated rings. The Balaban J connectivity index is 0.000000173. The average Bonchev–Trinajstić information content (AvgIpc) is 2.63. The number of carbonyl (C=O) groups is 1. The molecule has 4 rings (SSSR count). The van der Waals surface area contributed by atoms with Crippen molar-refractivity contribution in [2.24, 2.45) is 0 Å². The molecule has 0 unspecified atom stereocenters. The fourth-order valence-corrected chi connectivity index (χ4v) is 2.54. The van der Waals surface area contributed by atoms with Gasteiger partial charge in [0.05, 0.1) is 16.6 Å². The van der Waals surface area contributed by atoms with Crippen LogP contribution >= 0.6 is 0 Å². The molecule has 0 saturated carbocycles. The van der Waals surface area contributed by atoms with Gasteiger partial charge in [-0.15, -0.1) is 0 Å². The standard InChI is InChI=1S/C14H12N2.C7H6O2/c1-9-3-5-11-7-8-12-6-4-10(2)16-14(12)13(11)15-9;8-7(9)6-4-2-1-3-5-6/h3-8H,1-2H3;1-5H,(H,8,9). The summed E-state index contributed by atoms with van der Waals surface area (Å²) in [4.78, 5) is 19.4. The number of hydrogen-bond acceptors (Lipinski definition) is 3. The summed E-state index contributed by atoms with van der Waals surface area (Å²) in [6.07, 6.45) is 0. The van der Waals surface area contributed by atoms with Crippen LogP contribution < -0.4 is 0 Å².